The molecule has 0 spiro atoms. The third-order valence-corrected chi connectivity index (χ3v) is 1.90. The quantitative estimate of drug-likeness (QED) is 0.768. The van der Waals surface area contributed by atoms with Crippen molar-refractivity contribution in [3.63, 3.8) is 0 Å². The van der Waals surface area contributed by atoms with Crippen molar-refractivity contribution in [2.75, 3.05) is 7.11 Å². The minimum absolute atomic E-state index is 0.00498. The summed E-state index contributed by atoms with van der Waals surface area (Å²) in [6.07, 6.45) is -0.283. The summed E-state index contributed by atoms with van der Waals surface area (Å²) in [4.78, 5) is 21.1. The van der Waals surface area contributed by atoms with E-state index in [2.05, 4.69) is 11.8 Å². The molecule has 0 radical (unpaired) electrons. The Morgan fingerprint density at radius 1 is 1.35 bits per heavy atom. The maximum atomic E-state index is 10.9. The predicted octanol–water partition coefficient (Wildman–Crippen LogP) is 1.22. The van der Waals surface area contributed by atoms with Crippen molar-refractivity contribution in [2.24, 2.45) is 0 Å². The number of hydrogen-bond acceptors (Lipinski definition) is 3. The number of rotatable bonds is 3. The summed E-state index contributed by atoms with van der Waals surface area (Å²) in [5.41, 5.74) is 0.430. The minimum atomic E-state index is -1.12. The van der Waals surface area contributed by atoms with Gasteiger partial charge >= 0.3 is 11.9 Å². The van der Waals surface area contributed by atoms with Crippen molar-refractivity contribution in [3.05, 3.63) is 29.3 Å². The van der Waals surface area contributed by atoms with Gasteiger partial charge in [0, 0.05) is 5.56 Å². The molecule has 0 atom stereocenters. The third-order valence-electron chi connectivity index (χ3n) is 1.90. The average Bonchev–Trinajstić information content (AvgIpc) is 2.28. The van der Waals surface area contributed by atoms with Crippen LogP contribution in [0.15, 0.2) is 18.2 Å². The highest BCUT2D eigenvalue weighted by Gasteiger charge is 2.10. The highest BCUT2D eigenvalue weighted by Crippen LogP contribution is 2.19. The van der Waals surface area contributed by atoms with E-state index in [4.69, 9.17) is 14.9 Å². The van der Waals surface area contributed by atoms with Crippen molar-refractivity contribution in [1.29, 1.82) is 0 Å². The van der Waals surface area contributed by atoms with Crippen LogP contribution in [0.25, 0.3) is 0 Å². The van der Waals surface area contributed by atoms with Crippen LogP contribution in [-0.2, 0) is 4.79 Å². The number of methoxy groups -OCH3 is 1. The van der Waals surface area contributed by atoms with Crippen LogP contribution < -0.4 is 4.74 Å². The maximum Gasteiger partial charge on any atom is 0.339 e. The molecule has 0 saturated heterocycles. The molecule has 0 heterocycles. The van der Waals surface area contributed by atoms with Crippen LogP contribution in [0.5, 0.6) is 5.75 Å². The zero-order valence-electron chi connectivity index (χ0n) is 9.06. The molecule has 0 aliphatic rings. The molecule has 2 N–H and O–H groups in total. The highest BCUT2D eigenvalue weighted by atomic mass is 16.5. The van der Waals surface area contributed by atoms with E-state index in [0.29, 0.717) is 5.56 Å². The maximum absolute atomic E-state index is 10.9. The van der Waals surface area contributed by atoms with E-state index in [0.717, 1.165) is 0 Å². The van der Waals surface area contributed by atoms with E-state index >= 15 is 0 Å². The van der Waals surface area contributed by atoms with Gasteiger partial charge in [0.05, 0.1) is 7.11 Å². The van der Waals surface area contributed by atoms with Gasteiger partial charge < -0.3 is 14.9 Å². The van der Waals surface area contributed by atoms with Gasteiger partial charge in [-0.3, -0.25) is 4.79 Å². The number of aromatic carboxylic acids is 1. The van der Waals surface area contributed by atoms with Gasteiger partial charge in [-0.25, -0.2) is 4.79 Å². The SMILES string of the molecule is COc1ccc(C#CCC(=O)O)cc1C(=O)O. The van der Waals surface area contributed by atoms with Gasteiger partial charge in [0.2, 0.25) is 0 Å². The van der Waals surface area contributed by atoms with Crippen LogP contribution >= 0.6 is 0 Å². The molecular weight excluding hydrogens is 224 g/mol. The normalized spacial score (nSPS) is 9.00. The molecule has 0 unspecified atom stereocenters. The average molecular weight is 234 g/mol. The summed E-state index contributed by atoms with van der Waals surface area (Å²) in [6, 6.07) is 4.39. The number of benzene rings is 1. The van der Waals surface area contributed by atoms with Crippen molar-refractivity contribution < 1.29 is 24.5 Å². The molecule has 1 aromatic carbocycles. The molecule has 0 aromatic heterocycles. The number of carboxylic acid groups (broad SMARTS) is 2. The molecule has 0 saturated carbocycles. The summed E-state index contributed by atoms with van der Waals surface area (Å²) in [5, 5.41) is 17.3. The van der Waals surface area contributed by atoms with Gasteiger partial charge in [-0.1, -0.05) is 11.8 Å². The molecule has 0 fully saturated rings. The Kier molecular flexibility index (Phi) is 4.12. The van der Waals surface area contributed by atoms with Crippen molar-refractivity contribution in [3.8, 4) is 17.6 Å². The highest BCUT2D eigenvalue weighted by molar-refractivity contribution is 5.91. The summed E-state index contributed by atoms with van der Waals surface area (Å²) >= 11 is 0. The van der Waals surface area contributed by atoms with Gasteiger partial charge in [0.25, 0.3) is 0 Å². The lowest BCUT2D eigenvalue weighted by Gasteiger charge is -2.04. The van der Waals surface area contributed by atoms with Crippen LogP contribution in [0, 0.1) is 11.8 Å². The predicted molar refractivity (Wildman–Crippen MR) is 59.1 cm³/mol. The van der Waals surface area contributed by atoms with Crippen LogP contribution in [-0.4, -0.2) is 29.3 Å². The molecule has 88 valence electrons. The van der Waals surface area contributed by atoms with Gasteiger partial charge in [-0.2, -0.15) is 0 Å². The van der Waals surface area contributed by atoms with Crippen molar-refractivity contribution >= 4 is 11.9 Å². The Morgan fingerprint density at radius 3 is 2.59 bits per heavy atom. The lowest BCUT2D eigenvalue weighted by molar-refractivity contribution is -0.135. The fourth-order valence-corrected chi connectivity index (χ4v) is 1.17. The van der Waals surface area contributed by atoms with E-state index in [-0.39, 0.29) is 17.7 Å². The van der Waals surface area contributed by atoms with Crippen LogP contribution in [0.4, 0.5) is 0 Å². The molecule has 0 amide bonds. The van der Waals surface area contributed by atoms with Gasteiger partial charge in [0.15, 0.2) is 0 Å². The second kappa shape index (κ2) is 5.56. The third kappa shape index (κ3) is 3.54. The molecule has 1 aromatic rings. The smallest absolute Gasteiger partial charge is 0.339 e. The number of hydrogen-bond donors (Lipinski definition) is 2. The molecule has 5 heteroatoms. The molecule has 1 rings (SSSR count). The summed E-state index contributed by atoms with van der Waals surface area (Å²) in [6.45, 7) is 0. The fourth-order valence-electron chi connectivity index (χ4n) is 1.17. The van der Waals surface area contributed by atoms with E-state index < -0.39 is 11.9 Å². The van der Waals surface area contributed by atoms with E-state index in [1.165, 1.54) is 19.2 Å². The van der Waals surface area contributed by atoms with Gasteiger partial charge in [0.1, 0.15) is 17.7 Å². The van der Waals surface area contributed by atoms with Gasteiger partial charge in [-0.15, -0.1) is 0 Å². The minimum Gasteiger partial charge on any atom is -0.496 e. The first-order valence-corrected chi connectivity index (χ1v) is 4.66. The second-order valence-corrected chi connectivity index (χ2v) is 3.09. The standard InChI is InChI=1S/C12H10O5/c1-17-10-6-5-8(3-2-4-11(13)14)7-9(10)12(15)16/h5-7H,4H2,1H3,(H,13,14)(H,15,16). The van der Waals surface area contributed by atoms with Crippen molar-refractivity contribution in [1.82, 2.24) is 0 Å². The zero-order valence-corrected chi connectivity index (χ0v) is 9.06. The first-order valence-electron chi connectivity index (χ1n) is 4.66. The Balaban J connectivity index is 3.03. The topological polar surface area (TPSA) is 83.8 Å². The molecule has 0 bridgehead atoms. The molecule has 5 nitrogen and oxygen atoms in total. The van der Waals surface area contributed by atoms with Gasteiger partial charge in [-0.05, 0) is 18.2 Å². The summed E-state index contributed by atoms with van der Waals surface area (Å²) < 4.78 is 4.88. The Hall–Kier alpha value is -2.48. The van der Waals surface area contributed by atoms with Crippen LogP contribution in [0.2, 0.25) is 0 Å². The van der Waals surface area contributed by atoms with Crippen LogP contribution in [0.3, 0.4) is 0 Å². The van der Waals surface area contributed by atoms with E-state index in [1.807, 2.05) is 0 Å². The van der Waals surface area contributed by atoms with Crippen molar-refractivity contribution in [2.45, 2.75) is 6.42 Å². The lowest BCUT2D eigenvalue weighted by atomic mass is 10.1. The number of carboxylic acids is 2. The number of carbonyl (C=O) groups is 2. The Bertz CT molecular complexity index is 507. The largest absolute Gasteiger partial charge is 0.496 e. The monoisotopic (exact) mass is 234 g/mol. The summed E-state index contributed by atoms with van der Waals surface area (Å²) in [5.74, 6) is 3.09. The summed E-state index contributed by atoms with van der Waals surface area (Å²) in [7, 11) is 1.37. The molecule has 0 aliphatic carbocycles. The Labute approximate surface area is 97.6 Å². The van der Waals surface area contributed by atoms with E-state index in [1.54, 1.807) is 6.07 Å². The number of ether oxygens (including phenoxy) is 1. The zero-order chi connectivity index (χ0) is 12.8. The number of aliphatic carboxylic acids is 1. The Morgan fingerprint density at radius 2 is 2.06 bits per heavy atom. The van der Waals surface area contributed by atoms with E-state index in [9.17, 15) is 9.59 Å². The molecular formula is C12H10O5. The lowest BCUT2D eigenvalue weighted by Crippen LogP contribution is -2.00. The molecule has 17 heavy (non-hydrogen) atoms. The fraction of sp³-hybridized carbons (Fsp3) is 0.167. The molecule has 0 aliphatic heterocycles. The van der Waals surface area contributed by atoms with Crippen LogP contribution in [0.1, 0.15) is 22.3 Å². The first kappa shape index (κ1) is 12.6. The first-order chi connectivity index (χ1) is 8.04. The second-order valence-electron chi connectivity index (χ2n) is 3.09.